The first kappa shape index (κ1) is 20.8. The van der Waals surface area contributed by atoms with Crippen LogP contribution >= 0.6 is 0 Å². The van der Waals surface area contributed by atoms with Gasteiger partial charge in [0.25, 0.3) is 5.56 Å². The molecule has 1 amide bonds. The van der Waals surface area contributed by atoms with E-state index in [4.69, 9.17) is 4.52 Å². The Morgan fingerprint density at radius 1 is 1.13 bits per heavy atom. The summed E-state index contributed by atoms with van der Waals surface area (Å²) in [6.07, 6.45) is 3.23. The van der Waals surface area contributed by atoms with Gasteiger partial charge in [0.05, 0.1) is 0 Å². The van der Waals surface area contributed by atoms with Crippen molar-refractivity contribution in [3.8, 4) is 11.4 Å². The van der Waals surface area contributed by atoms with Gasteiger partial charge in [-0.2, -0.15) is 4.98 Å². The summed E-state index contributed by atoms with van der Waals surface area (Å²) in [4.78, 5) is 43.2. The summed E-state index contributed by atoms with van der Waals surface area (Å²) in [6.45, 7) is 4.07. The van der Waals surface area contributed by atoms with Gasteiger partial charge in [-0.1, -0.05) is 41.4 Å². The molecule has 3 heterocycles. The zero-order valence-corrected chi connectivity index (χ0v) is 17.7. The first-order chi connectivity index (χ1) is 14.9. The molecular formula is C22H25N5O4. The highest BCUT2D eigenvalue weighted by Crippen LogP contribution is 2.21. The first-order valence-corrected chi connectivity index (χ1v) is 10.4. The quantitative estimate of drug-likeness (QED) is 0.669. The average molecular weight is 423 g/mol. The molecule has 1 N–H and O–H groups in total. The Balaban J connectivity index is 1.68. The fraction of sp³-hybridized carbons (Fsp3) is 0.409. The van der Waals surface area contributed by atoms with Crippen LogP contribution in [0.2, 0.25) is 0 Å². The van der Waals surface area contributed by atoms with E-state index >= 15 is 0 Å². The number of fused-ring (bicyclic) bond motifs is 1. The minimum Gasteiger partial charge on any atom is -0.350 e. The maximum atomic E-state index is 13.3. The molecule has 1 aliphatic heterocycles. The third-order valence-electron chi connectivity index (χ3n) is 5.49. The highest BCUT2D eigenvalue weighted by molar-refractivity contribution is 5.75. The fourth-order valence-electron chi connectivity index (χ4n) is 3.84. The predicted octanol–water partition coefficient (Wildman–Crippen LogP) is 1.72. The topological polar surface area (TPSA) is 112 Å². The van der Waals surface area contributed by atoms with E-state index in [2.05, 4.69) is 15.5 Å². The Labute approximate surface area is 178 Å². The second kappa shape index (κ2) is 8.71. The number of nitrogens with zero attached hydrogens (tertiary/aromatic N) is 4. The SMILES string of the molecule is Cc1ccc(CNC(=O)Cn2c(=O)c(-c3noc(C)n3)c3n(c2=O)CCCCC3)cc1. The maximum Gasteiger partial charge on any atom is 0.331 e. The zero-order valence-electron chi connectivity index (χ0n) is 17.7. The maximum absolute atomic E-state index is 13.3. The first-order valence-electron chi connectivity index (χ1n) is 10.4. The van der Waals surface area contributed by atoms with Crippen LogP contribution in [0, 0.1) is 13.8 Å². The van der Waals surface area contributed by atoms with Gasteiger partial charge in [-0.15, -0.1) is 0 Å². The normalized spacial score (nSPS) is 13.5. The highest BCUT2D eigenvalue weighted by Gasteiger charge is 2.25. The molecule has 9 nitrogen and oxygen atoms in total. The summed E-state index contributed by atoms with van der Waals surface area (Å²) >= 11 is 0. The lowest BCUT2D eigenvalue weighted by Crippen LogP contribution is -2.45. The van der Waals surface area contributed by atoms with Gasteiger partial charge in [-0.3, -0.25) is 18.7 Å². The van der Waals surface area contributed by atoms with Crippen LogP contribution in [-0.2, 0) is 30.8 Å². The van der Waals surface area contributed by atoms with Crippen molar-refractivity contribution in [2.75, 3.05) is 0 Å². The molecule has 2 aromatic heterocycles. The summed E-state index contributed by atoms with van der Waals surface area (Å²) < 4.78 is 7.63. The van der Waals surface area contributed by atoms with Crippen LogP contribution in [0.3, 0.4) is 0 Å². The Hall–Kier alpha value is -3.49. The molecule has 9 heteroatoms. The molecule has 0 saturated heterocycles. The van der Waals surface area contributed by atoms with Crippen LogP contribution in [0.1, 0.15) is 42.0 Å². The molecule has 0 bridgehead atoms. The molecule has 0 aliphatic carbocycles. The van der Waals surface area contributed by atoms with Crippen molar-refractivity contribution in [3.05, 3.63) is 67.8 Å². The number of aryl methyl sites for hydroxylation is 2. The van der Waals surface area contributed by atoms with Gasteiger partial charge in [0.15, 0.2) is 0 Å². The van der Waals surface area contributed by atoms with Crippen LogP contribution in [-0.4, -0.2) is 25.2 Å². The van der Waals surface area contributed by atoms with E-state index in [1.807, 2.05) is 31.2 Å². The summed E-state index contributed by atoms with van der Waals surface area (Å²) in [5, 5.41) is 6.68. The van der Waals surface area contributed by atoms with Gasteiger partial charge in [-0.05, 0) is 31.7 Å². The number of hydrogen-bond donors (Lipinski definition) is 1. The Morgan fingerprint density at radius 2 is 1.90 bits per heavy atom. The van der Waals surface area contributed by atoms with Gasteiger partial charge in [0.1, 0.15) is 12.1 Å². The molecular weight excluding hydrogens is 398 g/mol. The molecule has 0 spiro atoms. The van der Waals surface area contributed by atoms with Crippen LogP contribution in [0.5, 0.6) is 0 Å². The standard InChI is InChI=1S/C22H25N5O4/c1-14-7-9-16(10-8-14)12-23-18(28)13-27-21(29)19(20-24-15(2)31-25-20)17-6-4-3-5-11-26(17)22(27)30/h7-10H,3-6,11-13H2,1-2H3,(H,23,28). The Morgan fingerprint density at radius 3 is 2.61 bits per heavy atom. The van der Waals surface area contributed by atoms with Gasteiger partial charge < -0.3 is 9.84 Å². The number of carbonyl (C=O) groups is 1. The Kier molecular flexibility index (Phi) is 5.83. The number of benzene rings is 1. The van der Waals surface area contributed by atoms with Crippen LogP contribution in [0.4, 0.5) is 0 Å². The minimum absolute atomic E-state index is 0.155. The van der Waals surface area contributed by atoms with E-state index in [1.54, 1.807) is 11.5 Å². The lowest BCUT2D eigenvalue weighted by Gasteiger charge is -2.16. The van der Waals surface area contributed by atoms with E-state index in [0.717, 1.165) is 35.0 Å². The van der Waals surface area contributed by atoms with Gasteiger partial charge in [-0.25, -0.2) is 4.79 Å². The van der Waals surface area contributed by atoms with E-state index < -0.39 is 17.2 Å². The molecule has 0 saturated carbocycles. The number of hydrogen-bond acceptors (Lipinski definition) is 6. The van der Waals surface area contributed by atoms with Crippen molar-refractivity contribution < 1.29 is 9.32 Å². The van der Waals surface area contributed by atoms with Crippen LogP contribution in [0.15, 0.2) is 38.4 Å². The molecule has 31 heavy (non-hydrogen) atoms. The lowest BCUT2D eigenvalue weighted by molar-refractivity contribution is -0.121. The zero-order chi connectivity index (χ0) is 22.0. The molecule has 0 radical (unpaired) electrons. The molecule has 162 valence electrons. The van der Waals surface area contributed by atoms with Crippen LogP contribution < -0.4 is 16.6 Å². The summed E-state index contributed by atoms with van der Waals surface area (Å²) in [7, 11) is 0. The van der Waals surface area contributed by atoms with E-state index in [-0.39, 0.29) is 17.9 Å². The Bertz CT molecular complexity index is 1220. The molecule has 0 fully saturated rings. The van der Waals surface area contributed by atoms with E-state index in [0.29, 0.717) is 31.1 Å². The monoisotopic (exact) mass is 423 g/mol. The average Bonchev–Trinajstić information content (AvgIpc) is 3.02. The van der Waals surface area contributed by atoms with Crippen molar-refractivity contribution >= 4 is 5.91 Å². The number of carbonyl (C=O) groups excluding carboxylic acids is 1. The second-order valence-electron chi connectivity index (χ2n) is 7.86. The molecule has 0 unspecified atom stereocenters. The largest absolute Gasteiger partial charge is 0.350 e. The van der Waals surface area contributed by atoms with Crippen molar-refractivity contribution in [1.82, 2.24) is 24.6 Å². The smallest absolute Gasteiger partial charge is 0.331 e. The molecule has 4 rings (SSSR count). The van der Waals surface area contributed by atoms with Crippen LogP contribution in [0.25, 0.3) is 11.4 Å². The van der Waals surface area contributed by atoms with Crippen molar-refractivity contribution in [2.24, 2.45) is 0 Å². The highest BCUT2D eigenvalue weighted by atomic mass is 16.5. The molecule has 1 aliphatic rings. The second-order valence-corrected chi connectivity index (χ2v) is 7.86. The summed E-state index contributed by atoms with van der Waals surface area (Å²) in [5.41, 5.74) is 1.88. The number of amides is 1. The van der Waals surface area contributed by atoms with E-state index in [1.165, 1.54) is 0 Å². The number of aromatic nitrogens is 4. The molecule has 3 aromatic rings. The van der Waals surface area contributed by atoms with Crippen molar-refractivity contribution in [2.45, 2.75) is 59.2 Å². The number of rotatable bonds is 5. The van der Waals surface area contributed by atoms with Crippen molar-refractivity contribution in [1.29, 1.82) is 0 Å². The fourth-order valence-corrected chi connectivity index (χ4v) is 3.84. The van der Waals surface area contributed by atoms with Crippen molar-refractivity contribution in [3.63, 3.8) is 0 Å². The predicted molar refractivity (Wildman–Crippen MR) is 114 cm³/mol. The summed E-state index contributed by atoms with van der Waals surface area (Å²) in [5.74, 6) is 0.0708. The van der Waals surface area contributed by atoms with Gasteiger partial charge in [0, 0.05) is 25.7 Å². The lowest BCUT2D eigenvalue weighted by atomic mass is 10.1. The van der Waals surface area contributed by atoms with E-state index in [9.17, 15) is 14.4 Å². The molecule has 0 atom stereocenters. The third-order valence-corrected chi connectivity index (χ3v) is 5.49. The molecule has 1 aromatic carbocycles. The van der Waals surface area contributed by atoms with Gasteiger partial charge >= 0.3 is 5.69 Å². The third kappa shape index (κ3) is 4.35. The minimum atomic E-state index is -0.565. The summed E-state index contributed by atoms with van der Waals surface area (Å²) in [6, 6.07) is 7.78. The van der Waals surface area contributed by atoms with Gasteiger partial charge in [0.2, 0.25) is 17.6 Å². The number of nitrogens with one attached hydrogen (secondary N) is 1.